The molecule has 1 aliphatic heterocycles. The topological polar surface area (TPSA) is 71.4 Å². The van der Waals surface area contributed by atoms with Gasteiger partial charge in [0.15, 0.2) is 9.84 Å². The lowest BCUT2D eigenvalue weighted by Gasteiger charge is -2.27. The number of fused-ring (bicyclic) bond motifs is 1. The molecule has 98 valence electrons. The van der Waals surface area contributed by atoms with E-state index in [1.54, 1.807) is 26.0 Å². The van der Waals surface area contributed by atoms with Gasteiger partial charge in [0.2, 0.25) is 0 Å². The molecule has 0 radical (unpaired) electrons. The lowest BCUT2D eigenvalue weighted by atomic mass is 9.75. The monoisotopic (exact) mass is 268 g/mol. The Morgan fingerprint density at radius 1 is 1.39 bits per heavy atom. The Morgan fingerprint density at radius 3 is 2.56 bits per heavy atom. The first-order chi connectivity index (χ1) is 8.18. The molecule has 1 aliphatic rings. The maximum Gasteiger partial charge on any atom is 0.309 e. The van der Waals surface area contributed by atoms with Crippen LogP contribution >= 0.6 is 0 Å². The normalized spacial score (nSPS) is 21.6. The summed E-state index contributed by atoms with van der Waals surface area (Å²) in [6.07, 6.45) is 0. The summed E-state index contributed by atoms with van der Waals surface area (Å²) < 4.78 is 24.2. The molecule has 0 saturated carbocycles. The molecule has 2 rings (SSSR count). The van der Waals surface area contributed by atoms with Crippen LogP contribution in [0.4, 0.5) is 0 Å². The standard InChI is InChI=1S/C13H16O4S/c1-8-5-4-6-10-11(8)9(7-18(10,16)17)13(2,3)12(14)15/h4-6,9H,7H2,1-3H3,(H,14,15). The van der Waals surface area contributed by atoms with Crippen molar-refractivity contribution < 1.29 is 18.3 Å². The lowest BCUT2D eigenvalue weighted by molar-refractivity contribution is -0.147. The molecule has 1 aromatic carbocycles. The number of carboxylic acid groups (broad SMARTS) is 1. The van der Waals surface area contributed by atoms with E-state index < -0.39 is 27.1 Å². The summed E-state index contributed by atoms with van der Waals surface area (Å²) in [7, 11) is -3.36. The van der Waals surface area contributed by atoms with Crippen molar-refractivity contribution in [1.29, 1.82) is 0 Å². The summed E-state index contributed by atoms with van der Waals surface area (Å²) in [4.78, 5) is 11.6. The van der Waals surface area contributed by atoms with Crippen molar-refractivity contribution in [3.8, 4) is 0 Å². The molecule has 5 heteroatoms. The Hall–Kier alpha value is -1.36. The second-order valence-electron chi connectivity index (χ2n) is 5.35. The molecule has 0 bridgehead atoms. The second-order valence-corrected chi connectivity index (χ2v) is 7.35. The van der Waals surface area contributed by atoms with Gasteiger partial charge in [-0.25, -0.2) is 8.42 Å². The van der Waals surface area contributed by atoms with Crippen molar-refractivity contribution in [2.45, 2.75) is 31.6 Å². The van der Waals surface area contributed by atoms with Crippen LogP contribution in [-0.4, -0.2) is 25.2 Å². The fourth-order valence-corrected chi connectivity index (χ4v) is 4.61. The van der Waals surface area contributed by atoms with Gasteiger partial charge in [-0.15, -0.1) is 0 Å². The zero-order valence-corrected chi connectivity index (χ0v) is 11.4. The molecule has 18 heavy (non-hydrogen) atoms. The summed E-state index contributed by atoms with van der Waals surface area (Å²) in [6, 6.07) is 5.09. The molecule has 0 amide bonds. The quantitative estimate of drug-likeness (QED) is 0.890. The fraction of sp³-hybridized carbons (Fsp3) is 0.462. The number of benzene rings is 1. The number of sulfone groups is 1. The van der Waals surface area contributed by atoms with E-state index >= 15 is 0 Å². The molecule has 4 nitrogen and oxygen atoms in total. The number of rotatable bonds is 2. The molecule has 0 saturated heterocycles. The van der Waals surface area contributed by atoms with Crippen molar-refractivity contribution in [1.82, 2.24) is 0 Å². The first kappa shape index (κ1) is 13.1. The van der Waals surface area contributed by atoms with E-state index in [0.717, 1.165) is 5.56 Å². The molecule has 1 aromatic rings. The largest absolute Gasteiger partial charge is 0.481 e. The molecule has 1 unspecified atom stereocenters. The average Bonchev–Trinajstić information content (AvgIpc) is 2.53. The van der Waals surface area contributed by atoms with Crippen molar-refractivity contribution in [3.05, 3.63) is 29.3 Å². The van der Waals surface area contributed by atoms with Crippen LogP contribution in [0.15, 0.2) is 23.1 Å². The van der Waals surface area contributed by atoms with E-state index in [2.05, 4.69) is 0 Å². The van der Waals surface area contributed by atoms with Gasteiger partial charge in [-0.05, 0) is 38.0 Å². The van der Waals surface area contributed by atoms with Gasteiger partial charge in [0.1, 0.15) is 0 Å². The number of aryl methyl sites for hydroxylation is 1. The van der Waals surface area contributed by atoms with Crippen LogP contribution < -0.4 is 0 Å². The molecular formula is C13H16O4S. The van der Waals surface area contributed by atoms with Crippen LogP contribution in [0.3, 0.4) is 0 Å². The average molecular weight is 268 g/mol. The van der Waals surface area contributed by atoms with Gasteiger partial charge in [-0.3, -0.25) is 4.79 Å². The fourth-order valence-electron chi connectivity index (χ4n) is 2.48. The number of carboxylic acids is 1. The SMILES string of the molecule is Cc1cccc2c1C(C(C)(C)C(=O)O)CS2(=O)=O. The minimum Gasteiger partial charge on any atom is -0.481 e. The number of aliphatic carboxylic acids is 1. The summed E-state index contributed by atoms with van der Waals surface area (Å²) in [5.74, 6) is -1.58. The Balaban J connectivity index is 2.69. The molecule has 0 fully saturated rings. The van der Waals surface area contributed by atoms with E-state index in [-0.39, 0.29) is 5.75 Å². The number of hydrogen-bond acceptors (Lipinski definition) is 3. The lowest BCUT2D eigenvalue weighted by Crippen LogP contribution is -2.32. The van der Waals surface area contributed by atoms with E-state index in [0.29, 0.717) is 10.5 Å². The maximum atomic E-state index is 12.1. The second kappa shape index (κ2) is 3.82. The van der Waals surface area contributed by atoms with Gasteiger partial charge >= 0.3 is 5.97 Å². The summed E-state index contributed by atoms with van der Waals surface area (Å²) in [5.41, 5.74) is 0.419. The summed E-state index contributed by atoms with van der Waals surface area (Å²) in [5, 5.41) is 9.29. The zero-order valence-electron chi connectivity index (χ0n) is 10.6. The van der Waals surface area contributed by atoms with Crippen LogP contribution in [0.25, 0.3) is 0 Å². The molecule has 0 aliphatic carbocycles. The number of carbonyl (C=O) groups is 1. The summed E-state index contributed by atoms with van der Waals surface area (Å²) >= 11 is 0. The van der Waals surface area contributed by atoms with Crippen LogP contribution in [0.5, 0.6) is 0 Å². The zero-order chi connectivity index (χ0) is 13.7. The van der Waals surface area contributed by atoms with Gasteiger partial charge in [-0.1, -0.05) is 12.1 Å². The highest BCUT2D eigenvalue weighted by molar-refractivity contribution is 7.91. The smallest absolute Gasteiger partial charge is 0.309 e. The molecule has 1 atom stereocenters. The predicted octanol–water partition coefficient (Wildman–Crippen LogP) is 1.98. The van der Waals surface area contributed by atoms with E-state index in [9.17, 15) is 18.3 Å². The van der Waals surface area contributed by atoms with Crippen molar-refractivity contribution in [2.24, 2.45) is 5.41 Å². The number of hydrogen-bond donors (Lipinski definition) is 1. The molecule has 0 spiro atoms. The minimum atomic E-state index is -3.36. The third kappa shape index (κ3) is 1.73. The van der Waals surface area contributed by atoms with Crippen LogP contribution in [-0.2, 0) is 14.6 Å². The minimum absolute atomic E-state index is 0.119. The van der Waals surface area contributed by atoms with Crippen LogP contribution in [0.2, 0.25) is 0 Å². The Morgan fingerprint density at radius 2 is 2.00 bits per heavy atom. The molecule has 1 N–H and O–H groups in total. The predicted molar refractivity (Wildman–Crippen MR) is 67.4 cm³/mol. The van der Waals surface area contributed by atoms with Crippen molar-refractivity contribution >= 4 is 15.8 Å². The Bertz CT molecular complexity index is 614. The Kier molecular flexibility index (Phi) is 2.77. The van der Waals surface area contributed by atoms with E-state index in [4.69, 9.17) is 0 Å². The third-order valence-corrected chi connectivity index (χ3v) is 5.57. The summed E-state index contributed by atoms with van der Waals surface area (Å²) in [6.45, 7) is 4.98. The van der Waals surface area contributed by atoms with E-state index in [1.807, 2.05) is 13.0 Å². The highest BCUT2D eigenvalue weighted by Gasteiger charge is 2.47. The van der Waals surface area contributed by atoms with Crippen molar-refractivity contribution in [3.63, 3.8) is 0 Å². The maximum absolute atomic E-state index is 12.1. The van der Waals surface area contributed by atoms with Gasteiger partial charge in [-0.2, -0.15) is 0 Å². The van der Waals surface area contributed by atoms with Crippen molar-refractivity contribution in [2.75, 3.05) is 5.75 Å². The molecule has 0 aromatic heterocycles. The van der Waals surface area contributed by atoms with Crippen LogP contribution in [0.1, 0.15) is 30.9 Å². The van der Waals surface area contributed by atoms with Crippen LogP contribution in [0, 0.1) is 12.3 Å². The first-order valence-electron chi connectivity index (χ1n) is 5.73. The molecular weight excluding hydrogens is 252 g/mol. The van der Waals surface area contributed by atoms with Gasteiger partial charge in [0.05, 0.1) is 16.1 Å². The highest BCUT2D eigenvalue weighted by atomic mass is 32.2. The first-order valence-corrected chi connectivity index (χ1v) is 7.39. The molecule has 1 heterocycles. The van der Waals surface area contributed by atoms with Gasteiger partial charge in [0, 0.05) is 5.92 Å². The van der Waals surface area contributed by atoms with Gasteiger partial charge in [0.25, 0.3) is 0 Å². The Labute approximate surface area is 107 Å². The van der Waals surface area contributed by atoms with Gasteiger partial charge < -0.3 is 5.11 Å². The highest BCUT2D eigenvalue weighted by Crippen LogP contribution is 2.46. The third-order valence-electron chi connectivity index (χ3n) is 3.78. The van der Waals surface area contributed by atoms with E-state index in [1.165, 1.54) is 0 Å².